The lowest BCUT2D eigenvalue weighted by molar-refractivity contribution is -0.119. The van der Waals surface area contributed by atoms with Crippen LogP contribution < -0.4 is 10.6 Å². The van der Waals surface area contributed by atoms with Gasteiger partial charge in [0.2, 0.25) is 5.91 Å². The van der Waals surface area contributed by atoms with Crippen LogP contribution in [-0.4, -0.2) is 47.5 Å². The number of carbonyl (C=O) groups is 2. The monoisotopic (exact) mass is 370 g/mol. The zero-order chi connectivity index (χ0) is 18.8. The molecule has 1 unspecified atom stereocenters. The first kappa shape index (κ1) is 17.8. The van der Waals surface area contributed by atoms with Crippen molar-refractivity contribution in [3.8, 4) is 0 Å². The molecule has 0 aliphatic carbocycles. The van der Waals surface area contributed by atoms with Crippen LogP contribution in [-0.2, 0) is 4.79 Å². The number of hydrogen-bond donors (Lipinski definition) is 2. The first-order valence-corrected chi connectivity index (χ1v) is 9.78. The number of aryl methyl sites for hydroxylation is 1. The fourth-order valence-electron chi connectivity index (χ4n) is 3.97. The standard InChI is InChI=1S/C20H26N4O3/c1-13-3-2-4-16-18(13)27-19(23-16)14-8-11-24(12-9-14)20(26)21-10-7-15-5-6-17(25)22-15/h2-4,14-15H,5-12H2,1H3,(H,21,26)(H,22,25). The van der Waals surface area contributed by atoms with Crippen LogP contribution in [0.2, 0.25) is 0 Å². The van der Waals surface area contributed by atoms with Crippen LogP contribution >= 0.6 is 0 Å². The number of para-hydroxylation sites is 1. The average Bonchev–Trinajstić information content (AvgIpc) is 3.29. The molecular formula is C20H26N4O3. The predicted molar refractivity (Wildman–Crippen MR) is 101 cm³/mol. The molecule has 2 saturated heterocycles. The van der Waals surface area contributed by atoms with Gasteiger partial charge in [0.1, 0.15) is 5.52 Å². The molecule has 2 aliphatic rings. The highest BCUT2D eigenvalue weighted by molar-refractivity contribution is 5.78. The van der Waals surface area contributed by atoms with Crippen molar-refractivity contribution in [2.45, 2.75) is 51.0 Å². The molecule has 1 aromatic heterocycles. The minimum absolute atomic E-state index is 0.0221. The number of aromatic nitrogens is 1. The van der Waals surface area contributed by atoms with Gasteiger partial charge in [-0.15, -0.1) is 0 Å². The summed E-state index contributed by atoms with van der Waals surface area (Å²) in [5.74, 6) is 1.16. The number of piperidine rings is 1. The van der Waals surface area contributed by atoms with Crippen LogP contribution in [0.15, 0.2) is 22.6 Å². The second kappa shape index (κ2) is 7.58. The van der Waals surface area contributed by atoms with Crippen molar-refractivity contribution < 1.29 is 14.0 Å². The number of hydrogen-bond acceptors (Lipinski definition) is 4. The fourth-order valence-corrected chi connectivity index (χ4v) is 3.97. The summed E-state index contributed by atoms with van der Waals surface area (Å²) in [6.45, 7) is 4.03. The summed E-state index contributed by atoms with van der Waals surface area (Å²) >= 11 is 0. The lowest BCUT2D eigenvalue weighted by atomic mass is 9.97. The number of benzene rings is 1. The molecule has 2 fully saturated rings. The van der Waals surface area contributed by atoms with Crippen molar-refractivity contribution >= 4 is 23.0 Å². The zero-order valence-corrected chi connectivity index (χ0v) is 15.7. The summed E-state index contributed by atoms with van der Waals surface area (Å²) in [7, 11) is 0. The molecule has 2 aromatic rings. The van der Waals surface area contributed by atoms with Gasteiger partial charge in [0.25, 0.3) is 0 Å². The molecule has 2 N–H and O–H groups in total. The van der Waals surface area contributed by atoms with E-state index in [2.05, 4.69) is 15.6 Å². The SMILES string of the molecule is Cc1cccc2nc(C3CCN(C(=O)NCCC4CCC(=O)N4)CC3)oc12. The Morgan fingerprint density at radius 1 is 1.33 bits per heavy atom. The van der Waals surface area contributed by atoms with E-state index in [1.165, 1.54) is 0 Å². The molecule has 7 heteroatoms. The number of likely N-dealkylation sites (tertiary alicyclic amines) is 1. The van der Waals surface area contributed by atoms with Crippen molar-refractivity contribution in [2.75, 3.05) is 19.6 Å². The van der Waals surface area contributed by atoms with E-state index in [-0.39, 0.29) is 23.9 Å². The van der Waals surface area contributed by atoms with Crippen LogP contribution in [0.1, 0.15) is 49.5 Å². The Kier molecular flexibility index (Phi) is 5.01. The molecule has 0 saturated carbocycles. The number of nitrogens with one attached hydrogen (secondary N) is 2. The van der Waals surface area contributed by atoms with E-state index in [1.807, 2.05) is 30.0 Å². The quantitative estimate of drug-likeness (QED) is 0.866. The Hall–Kier alpha value is -2.57. The van der Waals surface area contributed by atoms with Crippen LogP contribution in [0.3, 0.4) is 0 Å². The van der Waals surface area contributed by atoms with Crippen LogP contribution in [0, 0.1) is 6.92 Å². The van der Waals surface area contributed by atoms with Crippen LogP contribution in [0.25, 0.3) is 11.1 Å². The first-order chi connectivity index (χ1) is 13.1. The minimum atomic E-state index is -0.0221. The lowest BCUT2D eigenvalue weighted by Crippen LogP contribution is -2.45. The number of amides is 3. The van der Waals surface area contributed by atoms with Gasteiger partial charge in [0.15, 0.2) is 11.5 Å². The van der Waals surface area contributed by atoms with Gasteiger partial charge in [0, 0.05) is 38.0 Å². The molecule has 0 spiro atoms. The number of nitrogens with zero attached hydrogens (tertiary/aromatic N) is 2. The topological polar surface area (TPSA) is 87.5 Å². The molecule has 3 heterocycles. The van der Waals surface area contributed by atoms with Crippen molar-refractivity contribution in [3.05, 3.63) is 29.7 Å². The molecule has 0 bridgehead atoms. The number of oxazole rings is 1. The summed E-state index contributed by atoms with van der Waals surface area (Å²) in [6.07, 6.45) is 3.97. The van der Waals surface area contributed by atoms with Gasteiger partial charge < -0.3 is 20.0 Å². The molecule has 2 aliphatic heterocycles. The maximum atomic E-state index is 12.4. The van der Waals surface area contributed by atoms with E-state index in [1.54, 1.807) is 0 Å². The Morgan fingerprint density at radius 3 is 2.85 bits per heavy atom. The smallest absolute Gasteiger partial charge is 0.317 e. The second-order valence-electron chi connectivity index (χ2n) is 7.56. The van der Waals surface area contributed by atoms with Crippen molar-refractivity contribution in [1.82, 2.24) is 20.5 Å². The highest BCUT2D eigenvalue weighted by Gasteiger charge is 2.27. The minimum Gasteiger partial charge on any atom is -0.440 e. The van der Waals surface area contributed by atoms with Crippen molar-refractivity contribution in [1.29, 1.82) is 0 Å². The summed E-state index contributed by atoms with van der Waals surface area (Å²) < 4.78 is 6.00. The van der Waals surface area contributed by atoms with Crippen molar-refractivity contribution in [2.24, 2.45) is 0 Å². The Bertz CT molecular complexity index is 839. The van der Waals surface area contributed by atoms with E-state index >= 15 is 0 Å². The number of fused-ring (bicyclic) bond motifs is 1. The van der Waals surface area contributed by atoms with E-state index in [0.29, 0.717) is 26.1 Å². The van der Waals surface area contributed by atoms with Crippen LogP contribution in [0.5, 0.6) is 0 Å². The Balaban J connectivity index is 1.26. The highest BCUT2D eigenvalue weighted by Crippen LogP contribution is 2.30. The van der Waals surface area contributed by atoms with Gasteiger partial charge in [-0.2, -0.15) is 0 Å². The maximum Gasteiger partial charge on any atom is 0.317 e. The Labute approximate surface area is 158 Å². The predicted octanol–water partition coefficient (Wildman–Crippen LogP) is 2.69. The van der Waals surface area contributed by atoms with E-state index in [0.717, 1.165) is 48.2 Å². The Morgan fingerprint density at radius 2 is 2.15 bits per heavy atom. The lowest BCUT2D eigenvalue weighted by Gasteiger charge is -2.30. The summed E-state index contributed by atoms with van der Waals surface area (Å²) in [4.78, 5) is 30.1. The van der Waals surface area contributed by atoms with E-state index in [4.69, 9.17) is 4.42 Å². The van der Waals surface area contributed by atoms with E-state index in [9.17, 15) is 9.59 Å². The number of urea groups is 1. The maximum absolute atomic E-state index is 12.4. The van der Waals surface area contributed by atoms with Gasteiger partial charge in [-0.05, 0) is 44.2 Å². The zero-order valence-electron chi connectivity index (χ0n) is 15.7. The van der Waals surface area contributed by atoms with Gasteiger partial charge >= 0.3 is 6.03 Å². The normalized spacial score (nSPS) is 20.9. The summed E-state index contributed by atoms with van der Waals surface area (Å²) in [6, 6.07) is 6.18. The van der Waals surface area contributed by atoms with Gasteiger partial charge in [0.05, 0.1) is 0 Å². The molecule has 0 radical (unpaired) electrons. The molecule has 144 valence electrons. The third kappa shape index (κ3) is 3.91. The second-order valence-corrected chi connectivity index (χ2v) is 7.56. The highest BCUT2D eigenvalue weighted by atomic mass is 16.3. The third-order valence-corrected chi connectivity index (χ3v) is 5.61. The molecule has 27 heavy (non-hydrogen) atoms. The van der Waals surface area contributed by atoms with E-state index < -0.39 is 0 Å². The number of carbonyl (C=O) groups excluding carboxylic acids is 2. The largest absolute Gasteiger partial charge is 0.440 e. The molecule has 4 rings (SSSR count). The summed E-state index contributed by atoms with van der Waals surface area (Å²) in [5.41, 5.74) is 2.87. The third-order valence-electron chi connectivity index (χ3n) is 5.61. The first-order valence-electron chi connectivity index (χ1n) is 9.78. The number of rotatable bonds is 4. The van der Waals surface area contributed by atoms with Crippen LogP contribution in [0.4, 0.5) is 4.79 Å². The summed E-state index contributed by atoms with van der Waals surface area (Å²) in [5, 5.41) is 5.90. The van der Waals surface area contributed by atoms with Crippen molar-refractivity contribution in [3.63, 3.8) is 0 Å². The van der Waals surface area contributed by atoms with Gasteiger partial charge in [-0.3, -0.25) is 4.79 Å². The molecule has 7 nitrogen and oxygen atoms in total. The molecule has 3 amide bonds. The molecular weight excluding hydrogens is 344 g/mol. The molecule has 1 aromatic carbocycles. The fraction of sp³-hybridized carbons (Fsp3) is 0.550. The van der Waals surface area contributed by atoms with Gasteiger partial charge in [-0.1, -0.05) is 12.1 Å². The average molecular weight is 370 g/mol. The van der Waals surface area contributed by atoms with Gasteiger partial charge in [-0.25, -0.2) is 9.78 Å². The molecule has 1 atom stereocenters.